The lowest BCUT2D eigenvalue weighted by Gasteiger charge is -2.26. The van der Waals surface area contributed by atoms with Gasteiger partial charge < -0.3 is 24.8 Å². The Morgan fingerprint density at radius 3 is 2.19 bits per heavy atom. The standard InChI is InChI=1S/C23H32N2O6/c1-13-5-7-15(8-6-13)24-21(26)12-31-23(28)17-10-19(29-3)20(30-4)11-18(17)25-22(27)16-9-14(16)2/h10-11,13-16H,5-9,12H2,1-4H3,(H,24,26)(H,25,27). The molecule has 0 spiro atoms. The molecule has 0 heterocycles. The molecule has 31 heavy (non-hydrogen) atoms. The predicted molar refractivity (Wildman–Crippen MR) is 115 cm³/mol. The third-order valence-electron chi connectivity index (χ3n) is 6.16. The molecule has 2 unspecified atom stereocenters. The molecule has 2 amide bonds. The van der Waals surface area contributed by atoms with Crippen molar-refractivity contribution in [2.45, 2.75) is 52.0 Å². The SMILES string of the molecule is COc1cc(NC(=O)C2CC2C)c(C(=O)OCC(=O)NC2CCC(C)CC2)cc1OC. The molecule has 1 aromatic rings. The average Bonchev–Trinajstić information content (AvgIpc) is 3.50. The van der Waals surface area contributed by atoms with Crippen molar-refractivity contribution in [3.63, 3.8) is 0 Å². The van der Waals surface area contributed by atoms with E-state index in [4.69, 9.17) is 14.2 Å². The molecule has 2 aliphatic carbocycles. The molecule has 2 aliphatic rings. The van der Waals surface area contributed by atoms with E-state index in [1.54, 1.807) is 0 Å². The van der Waals surface area contributed by atoms with E-state index in [0.717, 1.165) is 32.1 Å². The Hall–Kier alpha value is -2.77. The van der Waals surface area contributed by atoms with Crippen LogP contribution in [0, 0.1) is 17.8 Å². The van der Waals surface area contributed by atoms with Crippen LogP contribution in [0.25, 0.3) is 0 Å². The Bertz CT molecular complexity index is 832. The van der Waals surface area contributed by atoms with Gasteiger partial charge in [-0.05, 0) is 43.9 Å². The number of hydrogen-bond donors (Lipinski definition) is 2. The summed E-state index contributed by atoms with van der Waals surface area (Å²) < 4.78 is 15.8. The molecular formula is C23H32N2O6. The first kappa shape index (κ1) is 22.9. The number of esters is 1. The van der Waals surface area contributed by atoms with Gasteiger partial charge in [0, 0.05) is 24.1 Å². The van der Waals surface area contributed by atoms with Crippen LogP contribution in [0.2, 0.25) is 0 Å². The maximum Gasteiger partial charge on any atom is 0.340 e. The minimum Gasteiger partial charge on any atom is -0.493 e. The third kappa shape index (κ3) is 5.89. The normalized spacial score (nSPS) is 24.6. The van der Waals surface area contributed by atoms with Crippen molar-refractivity contribution in [2.24, 2.45) is 17.8 Å². The lowest BCUT2D eigenvalue weighted by molar-refractivity contribution is -0.125. The molecule has 3 rings (SSSR count). The molecule has 8 nitrogen and oxygen atoms in total. The molecule has 0 bridgehead atoms. The van der Waals surface area contributed by atoms with Crippen LogP contribution in [-0.2, 0) is 14.3 Å². The molecule has 170 valence electrons. The number of benzene rings is 1. The molecule has 0 saturated heterocycles. The van der Waals surface area contributed by atoms with Crippen molar-refractivity contribution < 1.29 is 28.6 Å². The first-order valence-electron chi connectivity index (χ1n) is 10.9. The zero-order valence-electron chi connectivity index (χ0n) is 18.7. The van der Waals surface area contributed by atoms with E-state index in [2.05, 4.69) is 17.6 Å². The number of ether oxygens (including phenoxy) is 3. The molecule has 1 aromatic carbocycles. The van der Waals surface area contributed by atoms with Crippen LogP contribution in [0.5, 0.6) is 11.5 Å². The van der Waals surface area contributed by atoms with Crippen molar-refractivity contribution in [1.82, 2.24) is 5.32 Å². The minimum absolute atomic E-state index is 0.0686. The van der Waals surface area contributed by atoms with Crippen LogP contribution in [0.3, 0.4) is 0 Å². The second-order valence-electron chi connectivity index (χ2n) is 8.66. The molecule has 2 fully saturated rings. The van der Waals surface area contributed by atoms with Gasteiger partial charge in [0.15, 0.2) is 18.1 Å². The van der Waals surface area contributed by atoms with E-state index in [1.165, 1.54) is 26.4 Å². The topological polar surface area (TPSA) is 103 Å². The molecular weight excluding hydrogens is 400 g/mol. The summed E-state index contributed by atoms with van der Waals surface area (Å²) in [6.07, 6.45) is 4.86. The van der Waals surface area contributed by atoms with E-state index in [-0.39, 0.29) is 41.6 Å². The fraction of sp³-hybridized carbons (Fsp3) is 0.609. The number of anilines is 1. The van der Waals surface area contributed by atoms with Crippen LogP contribution in [0.15, 0.2) is 12.1 Å². The van der Waals surface area contributed by atoms with Gasteiger partial charge in [-0.3, -0.25) is 9.59 Å². The highest BCUT2D eigenvalue weighted by Gasteiger charge is 2.39. The zero-order chi connectivity index (χ0) is 22.5. The highest BCUT2D eigenvalue weighted by atomic mass is 16.5. The minimum atomic E-state index is -0.715. The van der Waals surface area contributed by atoms with Gasteiger partial charge in [0.05, 0.1) is 25.5 Å². The molecule has 2 saturated carbocycles. The molecule has 8 heteroatoms. The number of carbonyl (C=O) groups is 3. The Labute approximate surface area is 183 Å². The Morgan fingerprint density at radius 1 is 1.00 bits per heavy atom. The monoisotopic (exact) mass is 432 g/mol. The van der Waals surface area contributed by atoms with Crippen LogP contribution in [0.1, 0.15) is 56.3 Å². The summed E-state index contributed by atoms with van der Waals surface area (Å²) in [5.41, 5.74) is 0.382. The van der Waals surface area contributed by atoms with Crippen molar-refractivity contribution >= 4 is 23.5 Å². The number of carbonyl (C=O) groups excluding carboxylic acids is 3. The quantitative estimate of drug-likeness (QED) is 0.612. The Kier molecular flexibility index (Phi) is 7.41. The van der Waals surface area contributed by atoms with Gasteiger partial charge in [0.2, 0.25) is 5.91 Å². The fourth-order valence-corrected chi connectivity index (χ4v) is 3.95. The van der Waals surface area contributed by atoms with Crippen LogP contribution < -0.4 is 20.1 Å². The summed E-state index contributed by atoms with van der Waals surface area (Å²) in [4.78, 5) is 37.4. The molecule has 2 N–H and O–H groups in total. The second kappa shape index (κ2) is 10.0. The summed E-state index contributed by atoms with van der Waals surface area (Å²) in [5, 5.41) is 5.72. The van der Waals surface area contributed by atoms with Crippen molar-refractivity contribution in [3.05, 3.63) is 17.7 Å². The number of amides is 2. The number of hydrogen-bond acceptors (Lipinski definition) is 6. The summed E-state index contributed by atoms with van der Waals surface area (Å²) in [7, 11) is 2.93. The first-order valence-corrected chi connectivity index (χ1v) is 10.9. The summed E-state index contributed by atoms with van der Waals surface area (Å²) in [6, 6.07) is 3.11. The zero-order valence-corrected chi connectivity index (χ0v) is 18.7. The van der Waals surface area contributed by atoms with Gasteiger partial charge in [0.25, 0.3) is 5.91 Å². The molecule has 0 radical (unpaired) electrons. The van der Waals surface area contributed by atoms with Gasteiger partial charge in [-0.25, -0.2) is 4.79 Å². The largest absolute Gasteiger partial charge is 0.493 e. The smallest absolute Gasteiger partial charge is 0.340 e. The summed E-state index contributed by atoms with van der Waals surface area (Å²) >= 11 is 0. The summed E-state index contributed by atoms with van der Waals surface area (Å²) in [5.74, 6) is 0.443. The lowest BCUT2D eigenvalue weighted by atomic mass is 9.87. The van der Waals surface area contributed by atoms with Crippen molar-refractivity contribution in [3.8, 4) is 11.5 Å². The predicted octanol–water partition coefficient (Wildman–Crippen LogP) is 3.15. The number of rotatable bonds is 8. The maximum atomic E-state index is 12.8. The maximum absolute atomic E-state index is 12.8. The van der Waals surface area contributed by atoms with Crippen LogP contribution >= 0.6 is 0 Å². The van der Waals surface area contributed by atoms with Crippen molar-refractivity contribution in [2.75, 3.05) is 26.1 Å². The molecule has 0 aromatic heterocycles. The fourth-order valence-electron chi connectivity index (χ4n) is 3.95. The van der Waals surface area contributed by atoms with Gasteiger partial charge in [0.1, 0.15) is 0 Å². The Balaban J connectivity index is 1.66. The highest BCUT2D eigenvalue weighted by Crippen LogP contribution is 2.40. The van der Waals surface area contributed by atoms with E-state index in [0.29, 0.717) is 23.3 Å². The van der Waals surface area contributed by atoms with Gasteiger partial charge in [-0.2, -0.15) is 0 Å². The second-order valence-corrected chi connectivity index (χ2v) is 8.66. The average molecular weight is 433 g/mol. The number of nitrogens with one attached hydrogen (secondary N) is 2. The number of methoxy groups -OCH3 is 2. The first-order chi connectivity index (χ1) is 14.8. The molecule has 2 atom stereocenters. The van der Waals surface area contributed by atoms with E-state index < -0.39 is 5.97 Å². The Morgan fingerprint density at radius 2 is 1.61 bits per heavy atom. The van der Waals surface area contributed by atoms with Gasteiger partial charge >= 0.3 is 5.97 Å². The van der Waals surface area contributed by atoms with Crippen molar-refractivity contribution in [1.29, 1.82) is 0 Å². The molecule has 0 aliphatic heterocycles. The van der Waals surface area contributed by atoms with Gasteiger partial charge in [-0.15, -0.1) is 0 Å². The van der Waals surface area contributed by atoms with Gasteiger partial charge in [-0.1, -0.05) is 13.8 Å². The van der Waals surface area contributed by atoms with E-state index in [1.807, 2.05) is 6.92 Å². The third-order valence-corrected chi connectivity index (χ3v) is 6.16. The van der Waals surface area contributed by atoms with E-state index in [9.17, 15) is 14.4 Å². The van der Waals surface area contributed by atoms with Crippen LogP contribution in [0.4, 0.5) is 5.69 Å². The lowest BCUT2D eigenvalue weighted by Crippen LogP contribution is -2.39. The highest BCUT2D eigenvalue weighted by molar-refractivity contribution is 6.03. The van der Waals surface area contributed by atoms with E-state index >= 15 is 0 Å². The van der Waals surface area contributed by atoms with Crippen LogP contribution in [-0.4, -0.2) is 44.7 Å². The summed E-state index contributed by atoms with van der Waals surface area (Å²) in [6.45, 7) is 3.83.